The lowest BCUT2D eigenvalue weighted by molar-refractivity contribution is -0.117. The number of rotatable bonds is 2. The number of allylic oxidation sites excluding steroid dienone is 2. The fraction of sp³-hybridized carbons (Fsp3) is 0.700. The maximum absolute atomic E-state index is 11.3. The van der Waals surface area contributed by atoms with E-state index in [1.54, 1.807) is 0 Å². The topological polar surface area (TPSA) is 17.1 Å². The molecule has 1 unspecified atom stereocenters. The molecule has 2 atom stereocenters. The van der Waals surface area contributed by atoms with E-state index in [2.05, 4.69) is 28.9 Å². The Morgan fingerprint density at radius 2 is 2.42 bits per heavy atom. The summed E-state index contributed by atoms with van der Waals surface area (Å²) in [6.07, 6.45) is 3.90. The molecule has 1 rings (SSSR count). The summed E-state index contributed by atoms with van der Waals surface area (Å²) in [5.74, 6) is 1.50. The van der Waals surface area contributed by atoms with E-state index < -0.39 is 0 Å². The first-order valence-corrected chi connectivity index (χ1v) is 5.53. The van der Waals surface area contributed by atoms with Crippen LogP contribution in [0.3, 0.4) is 0 Å². The van der Waals surface area contributed by atoms with Gasteiger partial charge < -0.3 is 0 Å². The zero-order valence-corrected chi connectivity index (χ0v) is 9.23. The van der Waals surface area contributed by atoms with Crippen molar-refractivity contribution in [3.63, 3.8) is 0 Å². The molecule has 0 amide bonds. The van der Waals surface area contributed by atoms with Gasteiger partial charge in [-0.2, -0.15) is 0 Å². The molecule has 0 bridgehead atoms. The minimum atomic E-state index is 0.332. The van der Waals surface area contributed by atoms with E-state index in [9.17, 15) is 4.79 Å². The highest BCUT2D eigenvalue weighted by atomic mass is 79.9. The Morgan fingerprint density at radius 1 is 1.75 bits per heavy atom. The number of hydrogen-bond donors (Lipinski definition) is 0. The van der Waals surface area contributed by atoms with Crippen molar-refractivity contribution in [2.75, 3.05) is 5.33 Å². The van der Waals surface area contributed by atoms with Gasteiger partial charge in [-0.05, 0) is 30.8 Å². The first-order valence-electron chi connectivity index (χ1n) is 4.41. The van der Waals surface area contributed by atoms with Crippen LogP contribution < -0.4 is 0 Å². The van der Waals surface area contributed by atoms with Gasteiger partial charge in [0.25, 0.3) is 0 Å². The van der Waals surface area contributed by atoms with Crippen molar-refractivity contribution in [3.8, 4) is 0 Å². The van der Waals surface area contributed by atoms with Gasteiger partial charge in [-0.15, -0.1) is 0 Å². The molecular weight excluding hydrogens is 216 g/mol. The molecule has 1 nitrogen and oxygen atoms in total. The number of carbonyl (C=O) groups is 1. The summed E-state index contributed by atoms with van der Waals surface area (Å²) in [6.45, 7) is 4.11. The van der Waals surface area contributed by atoms with E-state index in [1.807, 2.05) is 6.92 Å². The molecule has 0 saturated heterocycles. The summed E-state index contributed by atoms with van der Waals surface area (Å²) < 4.78 is 0. The van der Waals surface area contributed by atoms with Crippen molar-refractivity contribution in [2.45, 2.75) is 26.7 Å². The van der Waals surface area contributed by atoms with Crippen LogP contribution in [-0.2, 0) is 4.79 Å². The highest BCUT2D eigenvalue weighted by Crippen LogP contribution is 2.27. The zero-order valence-electron chi connectivity index (χ0n) is 7.64. The average molecular weight is 231 g/mol. The molecule has 1 aliphatic rings. The number of ketones is 1. The summed E-state index contributed by atoms with van der Waals surface area (Å²) in [5, 5.41) is 0.998. The highest BCUT2D eigenvalue weighted by Gasteiger charge is 2.23. The minimum Gasteiger partial charge on any atom is -0.295 e. The lowest BCUT2D eigenvalue weighted by atomic mass is 9.82. The number of Topliss-reactive ketones (excluding diaryl/α,β-unsaturated/α-hetero) is 1. The molecule has 12 heavy (non-hydrogen) atoms. The van der Waals surface area contributed by atoms with E-state index in [0.29, 0.717) is 17.6 Å². The number of halogens is 1. The van der Waals surface area contributed by atoms with Crippen molar-refractivity contribution in [2.24, 2.45) is 11.8 Å². The SMILES string of the molecule is CC1=CC[C@H](C(C)CBr)CC1=O. The van der Waals surface area contributed by atoms with Crippen LogP contribution in [0.15, 0.2) is 11.6 Å². The maximum Gasteiger partial charge on any atom is 0.158 e. The molecule has 0 fully saturated rings. The molecule has 68 valence electrons. The third kappa shape index (κ3) is 2.19. The molecule has 0 aromatic rings. The molecule has 2 heteroatoms. The van der Waals surface area contributed by atoms with Gasteiger partial charge in [-0.3, -0.25) is 4.79 Å². The van der Waals surface area contributed by atoms with Crippen molar-refractivity contribution < 1.29 is 4.79 Å². The predicted octanol–water partition coefficient (Wildman–Crippen LogP) is 2.94. The summed E-state index contributed by atoms with van der Waals surface area (Å²) in [6, 6.07) is 0. The lowest BCUT2D eigenvalue weighted by Gasteiger charge is -2.24. The van der Waals surface area contributed by atoms with Gasteiger partial charge in [-0.1, -0.05) is 28.9 Å². The normalized spacial score (nSPS) is 26.8. The van der Waals surface area contributed by atoms with Crippen LogP contribution in [0.25, 0.3) is 0 Å². The highest BCUT2D eigenvalue weighted by molar-refractivity contribution is 9.09. The van der Waals surface area contributed by atoms with Crippen LogP contribution in [0.1, 0.15) is 26.7 Å². The third-order valence-corrected chi connectivity index (χ3v) is 3.68. The Balaban J connectivity index is 2.59. The summed E-state index contributed by atoms with van der Waals surface area (Å²) in [4.78, 5) is 11.3. The molecule has 0 radical (unpaired) electrons. The molecular formula is C10H15BrO. The van der Waals surface area contributed by atoms with E-state index in [-0.39, 0.29) is 0 Å². The quantitative estimate of drug-likeness (QED) is 0.668. The predicted molar refractivity (Wildman–Crippen MR) is 54.4 cm³/mol. The van der Waals surface area contributed by atoms with Crippen LogP contribution in [-0.4, -0.2) is 11.1 Å². The largest absolute Gasteiger partial charge is 0.295 e. The Hall–Kier alpha value is -0.110. The summed E-state index contributed by atoms with van der Waals surface area (Å²) in [5.41, 5.74) is 0.952. The molecule has 0 heterocycles. The van der Waals surface area contributed by atoms with Gasteiger partial charge in [0.2, 0.25) is 0 Å². The Bertz CT molecular complexity index is 208. The van der Waals surface area contributed by atoms with E-state index in [0.717, 1.165) is 23.7 Å². The Kier molecular flexibility index (Phi) is 3.51. The van der Waals surface area contributed by atoms with Crippen molar-refractivity contribution in [1.29, 1.82) is 0 Å². The van der Waals surface area contributed by atoms with Crippen LogP contribution in [0.5, 0.6) is 0 Å². The van der Waals surface area contributed by atoms with E-state index in [1.165, 1.54) is 0 Å². The number of hydrogen-bond acceptors (Lipinski definition) is 1. The number of carbonyl (C=O) groups excluding carboxylic acids is 1. The summed E-state index contributed by atoms with van der Waals surface area (Å²) in [7, 11) is 0. The van der Waals surface area contributed by atoms with Crippen LogP contribution in [0.4, 0.5) is 0 Å². The summed E-state index contributed by atoms with van der Waals surface area (Å²) >= 11 is 3.45. The molecule has 0 N–H and O–H groups in total. The second-order valence-corrected chi connectivity index (χ2v) is 4.29. The standard InChI is InChI=1S/C10H15BrO/c1-7-3-4-9(5-10(7)12)8(2)6-11/h3,8-9H,4-6H2,1-2H3/t8?,9-/m0/s1. The molecule has 0 aromatic heterocycles. The zero-order chi connectivity index (χ0) is 9.14. The van der Waals surface area contributed by atoms with Crippen molar-refractivity contribution in [1.82, 2.24) is 0 Å². The second kappa shape index (κ2) is 4.22. The fourth-order valence-corrected chi connectivity index (χ4v) is 2.01. The van der Waals surface area contributed by atoms with Gasteiger partial charge in [0.1, 0.15) is 0 Å². The first-order chi connectivity index (χ1) is 5.65. The van der Waals surface area contributed by atoms with Crippen LogP contribution in [0.2, 0.25) is 0 Å². The van der Waals surface area contributed by atoms with Gasteiger partial charge >= 0.3 is 0 Å². The van der Waals surface area contributed by atoms with E-state index >= 15 is 0 Å². The van der Waals surface area contributed by atoms with Crippen molar-refractivity contribution >= 4 is 21.7 Å². The molecule has 1 aliphatic carbocycles. The van der Waals surface area contributed by atoms with Crippen LogP contribution in [0, 0.1) is 11.8 Å². The van der Waals surface area contributed by atoms with Gasteiger partial charge in [0, 0.05) is 11.8 Å². The molecule has 0 aliphatic heterocycles. The van der Waals surface area contributed by atoms with Crippen molar-refractivity contribution in [3.05, 3.63) is 11.6 Å². The second-order valence-electron chi connectivity index (χ2n) is 3.64. The average Bonchev–Trinajstić information content (AvgIpc) is 2.08. The smallest absolute Gasteiger partial charge is 0.158 e. The third-order valence-electron chi connectivity index (χ3n) is 2.66. The first kappa shape index (κ1) is 9.97. The Morgan fingerprint density at radius 3 is 2.92 bits per heavy atom. The van der Waals surface area contributed by atoms with Gasteiger partial charge in [-0.25, -0.2) is 0 Å². The minimum absolute atomic E-state index is 0.332. The fourth-order valence-electron chi connectivity index (χ4n) is 1.48. The van der Waals surface area contributed by atoms with E-state index in [4.69, 9.17) is 0 Å². The molecule has 0 spiro atoms. The van der Waals surface area contributed by atoms with Crippen LogP contribution >= 0.6 is 15.9 Å². The lowest BCUT2D eigenvalue weighted by Crippen LogP contribution is -2.21. The molecule has 0 saturated carbocycles. The Labute approximate surface area is 82.4 Å². The van der Waals surface area contributed by atoms with Gasteiger partial charge in [0.05, 0.1) is 0 Å². The monoisotopic (exact) mass is 230 g/mol. The maximum atomic E-state index is 11.3. The number of alkyl halides is 1. The van der Waals surface area contributed by atoms with Gasteiger partial charge in [0.15, 0.2) is 5.78 Å². The molecule has 0 aromatic carbocycles.